The van der Waals surface area contributed by atoms with E-state index in [-0.39, 0.29) is 17.6 Å². The zero-order valence-corrected chi connectivity index (χ0v) is 9.31. The number of nitrogens with zero attached hydrogens (tertiary/aromatic N) is 2. The van der Waals surface area contributed by atoms with Crippen molar-refractivity contribution in [3.63, 3.8) is 0 Å². The lowest BCUT2D eigenvalue weighted by molar-refractivity contribution is 0.448. The van der Waals surface area contributed by atoms with E-state index >= 15 is 0 Å². The fraction of sp³-hybridized carbons (Fsp3) is 0.273. The van der Waals surface area contributed by atoms with Crippen molar-refractivity contribution >= 4 is 11.7 Å². The van der Waals surface area contributed by atoms with Gasteiger partial charge in [-0.2, -0.15) is 5.10 Å². The normalized spacial score (nSPS) is 19.3. The van der Waals surface area contributed by atoms with Gasteiger partial charge < -0.3 is 10.8 Å². The number of hydrogen-bond acceptors (Lipinski definition) is 3. The van der Waals surface area contributed by atoms with Gasteiger partial charge in [0.1, 0.15) is 11.6 Å². The van der Waals surface area contributed by atoms with E-state index in [0.29, 0.717) is 17.8 Å². The van der Waals surface area contributed by atoms with Crippen LogP contribution in [-0.2, 0) is 0 Å². The van der Waals surface area contributed by atoms with Gasteiger partial charge in [-0.3, -0.25) is 5.41 Å². The first kappa shape index (κ1) is 11.4. The van der Waals surface area contributed by atoms with Crippen LogP contribution in [-0.4, -0.2) is 28.3 Å². The molecule has 5 nitrogen and oxygen atoms in total. The number of phenols is 1. The van der Waals surface area contributed by atoms with Crippen molar-refractivity contribution in [2.24, 2.45) is 16.8 Å². The molecule has 4 N–H and O–H groups in total. The first-order valence-electron chi connectivity index (χ1n) is 5.18. The number of hydrogen-bond donors (Lipinski definition) is 3. The maximum absolute atomic E-state index is 13.1. The Balaban J connectivity index is 2.42. The smallest absolute Gasteiger partial charge is 0.209 e. The number of phenolic OH excluding ortho intramolecular Hbond substituents is 1. The zero-order chi connectivity index (χ0) is 12.6. The predicted octanol–water partition coefficient (Wildman–Crippen LogP) is 1.08. The van der Waals surface area contributed by atoms with Gasteiger partial charge in [-0.05, 0) is 18.2 Å². The van der Waals surface area contributed by atoms with Gasteiger partial charge in [-0.1, -0.05) is 6.92 Å². The largest absolute Gasteiger partial charge is 0.507 e. The predicted molar refractivity (Wildman–Crippen MR) is 62.4 cm³/mol. The molecule has 0 saturated heterocycles. The Labute approximate surface area is 97.9 Å². The first-order valence-corrected chi connectivity index (χ1v) is 5.18. The van der Waals surface area contributed by atoms with Crippen molar-refractivity contribution in [3.8, 4) is 5.75 Å². The molecular formula is C11H13FN4O. The molecule has 1 heterocycles. The molecule has 2 rings (SSSR count). The van der Waals surface area contributed by atoms with Gasteiger partial charge in [0.25, 0.3) is 0 Å². The number of hydrazone groups is 1. The highest BCUT2D eigenvalue weighted by Gasteiger charge is 2.27. The number of rotatable bonds is 1. The van der Waals surface area contributed by atoms with Crippen LogP contribution >= 0.6 is 0 Å². The second kappa shape index (κ2) is 4.04. The molecule has 0 fully saturated rings. The van der Waals surface area contributed by atoms with E-state index in [1.54, 1.807) is 0 Å². The average Bonchev–Trinajstić information content (AvgIpc) is 2.64. The third kappa shape index (κ3) is 2.06. The van der Waals surface area contributed by atoms with Crippen LogP contribution < -0.4 is 5.73 Å². The molecule has 0 bridgehead atoms. The highest BCUT2D eigenvalue weighted by molar-refractivity contribution is 6.06. The number of nitrogens with one attached hydrogen (secondary N) is 1. The standard InChI is InChI=1S/C11H13FN4O/c1-6-5-16(11(13)14)15-10(6)8-4-7(12)2-3-9(8)17/h2-4,6,17H,5H2,1H3,(H3,13,14). The van der Waals surface area contributed by atoms with E-state index in [1.807, 2.05) is 6.92 Å². The molecule has 1 aromatic carbocycles. The molecule has 6 heteroatoms. The summed E-state index contributed by atoms with van der Waals surface area (Å²) in [5.41, 5.74) is 6.22. The highest BCUT2D eigenvalue weighted by Crippen LogP contribution is 2.26. The van der Waals surface area contributed by atoms with Gasteiger partial charge in [-0.15, -0.1) is 0 Å². The van der Waals surface area contributed by atoms with Gasteiger partial charge in [0.15, 0.2) is 0 Å². The van der Waals surface area contributed by atoms with Crippen LogP contribution in [0.4, 0.5) is 4.39 Å². The van der Waals surface area contributed by atoms with Gasteiger partial charge in [0, 0.05) is 11.5 Å². The molecule has 0 amide bonds. The van der Waals surface area contributed by atoms with Gasteiger partial charge in [0.2, 0.25) is 5.96 Å². The van der Waals surface area contributed by atoms with Gasteiger partial charge in [-0.25, -0.2) is 9.40 Å². The first-order chi connectivity index (χ1) is 7.99. The molecule has 0 aromatic heterocycles. The minimum atomic E-state index is -0.436. The summed E-state index contributed by atoms with van der Waals surface area (Å²) in [6.45, 7) is 2.34. The third-order valence-electron chi connectivity index (χ3n) is 2.65. The minimum Gasteiger partial charge on any atom is -0.507 e. The van der Waals surface area contributed by atoms with Crippen LogP contribution in [0.3, 0.4) is 0 Å². The van der Waals surface area contributed by atoms with Crippen molar-refractivity contribution in [2.75, 3.05) is 6.54 Å². The van der Waals surface area contributed by atoms with Crippen LogP contribution in [0, 0.1) is 17.1 Å². The van der Waals surface area contributed by atoms with Crippen molar-refractivity contribution in [3.05, 3.63) is 29.6 Å². The molecular weight excluding hydrogens is 223 g/mol. The van der Waals surface area contributed by atoms with Crippen molar-refractivity contribution in [2.45, 2.75) is 6.92 Å². The number of halogens is 1. The molecule has 1 aliphatic rings. The lowest BCUT2D eigenvalue weighted by Crippen LogP contribution is -2.31. The number of nitrogens with two attached hydrogens (primary N) is 1. The second-order valence-electron chi connectivity index (χ2n) is 4.02. The number of aromatic hydroxyl groups is 1. The van der Waals surface area contributed by atoms with Crippen LogP contribution in [0.15, 0.2) is 23.3 Å². The lowest BCUT2D eigenvalue weighted by atomic mass is 9.98. The average molecular weight is 236 g/mol. The minimum absolute atomic E-state index is 0.0217. The summed E-state index contributed by atoms with van der Waals surface area (Å²) in [6.07, 6.45) is 0. The molecule has 0 saturated carbocycles. The van der Waals surface area contributed by atoms with Crippen molar-refractivity contribution < 1.29 is 9.50 Å². The van der Waals surface area contributed by atoms with Gasteiger partial charge >= 0.3 is 0 Å². The fourth-order valence-electron chi connectivity index (χ4n) is 1.80. The summed E-state index contributed by atoms with van der Waals surface area (Å²) in [5.74, 6) is -0.647. The summed E-state index contributed by atoms with van der Waals surface area (Å²) in [5, 5.41) is 22.4. The number of benzene rings is 1. The fourth-order valence-corrected chi connectivity index (χ4v) is 1.80. The van der Waals surface area contributed by atoms with E-state index in [2.05, 4.69) is 5.10 Å². The highest BCUT2D eigenvalue weighted by atomic mass is 19.1. The SMILES string of the molecule is CC1CN(C(=N)N)N=C1c1cc(F)ccc1O. The van der Waals surface area contributed by atoms with E-state index in [4.69, 9.17) is 11.1 Å². The lowest BCUT2D eigenvalue weighted by Gasteiger charge is -2.10. The maximum atomic E-state index is 13.1. The molecule has 0 radical (unpaired) electrons. The molecule has 0 aliphatic carbocycles. The summed E-state index contributed by atoms with van der Waals surface area (Å²) < 4.78 is 13.1. The van der Waals surface area contributed by atoms with E-state index in [1.165, 1.54) is 23.2 Å². The van der Waals surface area contributed by atoms with E-state index < -0.39 is 5.82 Å². The molecule has 90 valence electrons. The summed E-state index contributed by atoms with van der Waals surface area (Å²) in [7, 11) is 0. The quantitative estimate of drug-likeness (QED) is 0.503. The Kier molecular flexibility index (Phi) is 2.71. The summed E-state index contributed by atoms with van der Waals surface area (Å²) in [6, 6.07) is 3.70. The van der Waals surface area contributed by atoms with Gasteiger partial charge in [0.05, 0.1) is 12.3 Å². The van der Waals surface area contributed by atoms with Crippen molar-refractivity contribution in [1.82, 2.24) is 5.01 Å². The molecule has 1 atom stereocenters. The Hall–Kier alpha value is -2.11. The Morgan fingerprint density at radius 1 is 1.65 bits per heavy atom. The van der Waals surface area contributed by atoms with E-state index in [0.717, 1.165) is 0 Å². The second-order valence-corrected chi connectivity index (χ2v) is 4.02. The van der Waals surface area contributed by atoms with Crippen LogP contribution in [0.25, 0.3) is 0 Å². The Morgan fingerprint density at radius 2 is 2.35 bits per heavy atom. The zero-order valence-electron chi connectivity index (χ0n) is 9.31. The van der Waals surface area contributed by atoms with Crippen LogP contribution in [0.1, 0.15) is 12.5 Å². The Bertz CT molecular complexity index is 500. The molecule has 1 unspecified atom stereocenters. The monoisotopic (exact) mass is 236 g/mol. The summed E-state index contributed by atoms with van der Waals surface area (Å²) in [4.78, 5) is 0. The van der Waals surface area contributed by atoms with Crippen molar-refractivity contribution in [1.29, 1.82) is 5.41 Å². The number of guanidine groups is 1. The topological polar surface area (TPSA) is 85.7 Å². The molecule has 1 aliphatic heterocycles. The molecule has 1 aromatic rings. The molecule has 0 spiro atoms. The maximum Gasteiger partial charge on any atom is 0.209 e. The van der Waals surface area contributed by atoms with E-state index in [9.17, 15) is 9.50 Å². The van der Waals surface area contributed by atoms with Crippen LogP contribution in [0.2, 0.25) is 0 Å². The Morgan fingerprint density at radius 3 is 2.94 bits per heavy atom. The van der Waals surface area contributed by atoms with Crippen LogP contribution in [0.5, 0.6) is 5.75 Å². The molecule has 17 heavy (non-hydrogen) atoms. The summed E-state index contributed by atoms with van der Waals surface area (Å²) >= 11 is 0. The third-order valence-corrected chi connectivity index (χ3v) is 2.65.